The van der Waals surface area contributed by atoms with Crippen LogP contribution < -0.4 is 5.32 Å². The van der Waals surface area contributed by atoms with E-state index in [1.807, 2.05) is 0 Å². The number of nitrogens with one attached hydrogen (secondary N) is 1. The van der Waals surface area contributed by atoms with Gasteiger partial charge in [-0.05, 0) is 35.9 Å². The molecule has 2 aromatic rings. The summed E-state index contributed by atoms with van der Waals surface area (Å²) in [6.07, 6.45) is -0.970. The summed E-state index contributed by atoms with van der Waals surface area (Å²) in [5.41, 5.74) is 0.618. The van der Waals surface area contributed by atoms with E-state index in [0.717, 1.165) is 6.07 Å². The Morgan fingerprint density at radius 2 is 1.52 bits per heavy atom. The Bertz CT molecular complexity index is 716. The Labute approximate surface area is 132 Å². The van der Waals surface area contributed by atoms with Crippen molar-refractivity contribution in [2.45, 2.75) is 6.10 Å². The van der Waals surface area contributed by atoms with Crippen LogP contribution in [0.25, 0.3) is 0 Å². The summed E-state index contributed by atoms with van der Waals surface area (Å²) in [6, 6.07) is 7.72. The van der Waals surface area contributed by atoms with Crippen LogP contribution in [0.5, 0.6) is 23.0 Å². The molecule has 7 nitrogen and oxygen atoms in total. The highest BCUT2D eigenvalue weighted by atomic mass is 16.3. The summed E-state index contributed by atoms with van der Waals surface area (Å²) in [6.45, 7) is -0.0225. The Hall–Kier alpha value is -2.77. The number of phenolic OH excluding ortho intramolecular Hbond substituents is 4. The Balaban J connectivity index is 1.89. The normalized spacial score (nSPS) is 12.0. The number of aliphatic hydroxyl groups is 1. The van der Waals surface area contributed by atoms with Crippen LogP contribution in [0.1, 0.15) is 22.0 Å². The van der Waals surface area contributed by atoms with E-state index in [2.05, 4.69) is 5.32 Å². The third-order valence-corrected chi connectivity index (χ3v) is 3.30. The van der Waals surface area contributed by atoms with Gasteiger partial charge >= 0.3 is 0 Å². The fraction of sp³-hybridized carbons (Fsp3) is 0.188. The molecule has 0 saturated carbocycles. The molecule has 0 aliphatic rings. The van der Waals surface area contributed by atoms with Gasteiger partial charge in [0.1, 0.15) is 0 Å². The van der Waals surface area contributed by atoms with Gasteiger partial charge in [0.15, 0.2) is 28.8 Å². The minimum absolute atomic E-state index is 0.0556. The van der Waals surface area contributed by atoms with Crippen molar-refractivity contribution in [3.63, 3.8) is 0 Å². The van der Waals surface area contributed by atoms with E-state index in [9.17, 15) is 30.3 Å². The van der Waals surface area contributed by atoms with Gasteiger partial charge in [0.05, 0.1) is 12.6 Å². The quantitative estimate of drug-likeness (QED) is 0.346. The maximum atomic E-state index is 11.9. The summed E-state index contributed by atoms with van der Waals surface area (Å²) < 4.78 is 0. The van der Waals surface area contributed by atoms with Crippen molar-refractivity contribution in [1.82, 2.24) is 5.32 Å². The van der Waals surface area contributed by atoms with Gasteiger partial charge in [0.2, 0.25) is 0 Å². The van der Waals surface area contributed by atoms with Crippen LogP contribution in [-0.2, 0) is 0 Å². The second-order valence-electron chi connectivity index (χ2n) is 5.02. The predicted octanol–water partition coefficient (Wildman–Crippen LogP) is 1.01. The number of aromatic hydroxyl groups is 4. The molecule has 0 bridgehead atoms. The van der Waals surface area contributed by atoms with Crippen LogP contribution >= 0.6 is 0 Å². The van der Waals surface area contributed by atoms with E-state index in [4.69, 9.17) is 0 Å². The molecule has 2 aromatic carbocycles. The Morgan fingerprint density at radius 3 is 2.13 bits per heavy atom. The highest BCUT2D eigenvalue weighted by Gasteiger charge is 2.12. The van der Waals surface area contributed by atoms with Gasteiger partial charge < -0.3 is 30.8 Å². The van der Waals surface area contributed by atoms with Gasteiger partial charge in [-0.25, -0.2) is 0 Å². The van der Waals surface area contributed by atoms with Crippen LogP contribution in [0.15, 0.2) is 36.4 Å². The highest BCUT2D eigenvalue weighted by molar-refractivity contribution is 5.98. The zero-order valence-electron chi connectivity index (χ0n) is 12.1. The number of carbonyl (C=O) groups is 1. The number of ketones is 1. The zero-order chi connectivity index (χ0) is 17.0. The van der Waals surface area contributed by atoms with Gasteiger partial charge in [0.25, 0.3) is 0 Å². The Morgan fingerprint density at radius 1 is 0.913 bits per heavy atom. The lowest BCUT2D eigenvalue weighted by molar-refractivity contribution is 0.0982. The van der Waals surface area contributed by atoms with E-state index < -0.39 is 6.10 Å². The molecule has 0 saturated heterocycles. The number of Topliss-reactive ketones (excluding diaryl/α,β-unsaturated/α-hetero) is 1. The summed E-state index contributed by atoms with van der Waals surface area (Å²) in [5.74, 6) is -1.62. The molecule has 0 spiro atoms. The lowest BCUT2D eigenvalue weighted by Crippen LogP contribution is -2.27. The lowest BCUT2D eigenvalue weighted by atomic mass is 10.1. The predicted molar refractivity (Wildman–Crippen MR) is 81.7 cm³/mol. The molecule has 1 unspecified atom stereocenters. The second-order valence-corrected chi connectivity index (χ2v) is 5.02. The van der Waals surface area contributed by atoms with Crippen molar-refractivity contribution in [3.05, 3.63) is 47.5 Å². The minimum atomic E-state index is -0.970. The third kappa shape index (κ3) is 4.12. The zero-order valence-corrected chi connectivity index (χ0v) is 12.1. The molecular weight excluding hydrogens is 302 g/mol. The van der Waals surface area contributed by atoms with Crippen LogP contribution in [0.2, 0.25) is 0 Å². The highest BCUT2D eigenvalue weighted by Crippen LogP contribution is 2.27. The summed E-state index contributed by atoms with van der Waals surface area (Å²) in [5, 5.41) is 49.9. The molecule has 0 aromatic heterocycles. The van der Waals surface area contributed by atoms with E-state index in [0.29, 0.717) is 5.56 Å². The van der Waals surface area contributed by atoms with Crippen molar-refractivity contribution >= 4 is 5.78 Å². The molecule has 0 aliphatic carbocycles. The molecule has 6 N–H and O–H groups in total. The monoisotopic (exact) mass is 319 g/mol. The average molecular weight is 319 g/mol. The number of aliphatic hydroxyl groups excluding tert-OH is 1. The topological polar surface area (TPSA) is 130 Å². The van der Waals surface area contributed by atoms with Crippen molar-refractivity contribution in [2.24, 2.45) is 0 Å². The van der Waals surface area contributed by atoms with Gasteiger partial charge in [-0.3, -0.25) is 4.79 Å². The summed E-state index contributed by atoms with van der Waals surface area (Å²) in [4.78, 5) is 11.9. The standard InChI is InChI=1S/C16H17NO6/c18-11-3-1-9(5-13(11)20)15(22)7-17-8-16(23)10-2-4-12(19)14(21)6-10/h1-6,15,17-22H,7-8H2. The molecule has 7 heteroatoms. The van der Waals surface area contributed by atoms with Crippen LogP contribution in [0, 0.1) is 0 Å². The fourth-order valence-corrected chi connectivity index (χ4v) is 1.99. The smallest absolute Gasteiger partial charge is 0.176 e. The number of hydrogen-bond donors (Lipinski definition) is 6. The van der Waals surface area contributed by atoms with Gasteiger partial charge in [-0.2, -0.15) is 0 Å². The molecule has 122 valence electrons. The fourth-order valence-electron chi connectivity index (χ4n) is 1.99. The maximum absolute atomic E-state index is 11.9. The molecule has 0 radical (unpaired) electrons. The first-order chi connectivity index (χ1) is 10.9. The third-order valence-electron chi connectivity index (χ3n) is 3.30. The van der Waals surface area contributed by atoms with Crippen molar-refractivity contribution < 1.29 is 30.3 Å². The second kappa shape index (κ2) is 6.99. The number of phenols is 4. The van der Waals surface area contributed by atoms with Crippen molar-refractivity contribution in [1.29, 1.82) is 0 Å². The number of carbonyl (C=O) groups excluding carboxylic acids is 1. The minimum Gasteiger partial charge on any atom is -0.504 e. The van der Waals surface area contributed by atoms with Gasteiger partial charge in [-0.15, -0.1) is 0 Å². The largest absolute Gasteiger partial charge is 0.504 e. The van der Waals surface area contributed by atoms with Gasteiger partial charge in [0, 0.05) is 12.1 Å². The lowest BCUT2D eigenvalue weighted by Gasteiger charge is -2.12. The molecule has 23 heavy (non-hydrogen) atoms. The van der Waals surface area contributed by atoms with E-state index in [-0.39, 0.29) is 47.4 Å². The molecular formula is C16H17NO6. The molecule has 0 fully saturated rings. The van der Waals surface area contributed by atoms with Crippen LogP contribution in [-0.4, -0.2) is 44.4 Å². The number of rotatable bonds is 6. The molecule has 0 heterocycles. The van der Waals surface area contributed by atoms with E-state index in [1.54, 1.807) is 0 Å². The molecule has 0 aliphatic heterocycles. The van der Waals surface area contributed by atoms with Crippen LogP contribution in [0.4, 0.5) is 0 Å². The van der Waals surface area contributed by atoms with E-state index in [1.165, 1.54) is 30.3 Å². The first kappa shape index (κ1) is 16.6. The Kier molecular flexibility index (Phi) is 5.05. The number of hydrogen-bond acceptors (Lipinski definition) is 7. The summed E-state index contributed by atoms with van der Waals surface area (Å²) in [7, 11) is 0. The first-order valence-corrected chi connectivity index (χ1v) is 6.84. The molecule has 0 amide bonds. The molecule has 1 atom stereocenters. The van der Waals surface area contributed by atoms with E-state index >= 15 is 0 Å². The van der Waals surface area contributed by atoms with Gasteiger partial charge in [-0.1, -0.05) is 6.07 Å². The van der Waals surface area contributed by atoms with Crippen molar-refractivity contribution in [2.75, 3.05) is 13.1 Å². The summed E-state index contributed by atoms with van der Waals surface area (Å²) >= 11 is 0. The first-order valence-electron chi connectivity index (χ1n) is 6.84. The SMILES string of the molecule is O=C(CNCC(O)c1ccc(O)c(O)c1)c1ccc(O)c(O)c1. The van der Waals surface area contributed by atoms with Crippen LogP contribution in [0.3, 0.4) is 0 Å². The van der Waals surface area contributed by atoms with Crippen molar-refractivity contribution in [3.8, 4) is 23.0 Å². The number of benzene rings is 2. The maximum Gasteiger partial charge on any atom is 0.176 e. The average Bonchev–Trinajstić information content (AvgIpc) is 2.52. The molecule has 2 rings (SSSR count).